The van der Waals surface area contributed by atoms with Crippen LogP contribution in [0.25, 0.3) is 6.08 Å². The first-order valence-corrected chi connectivity index (χ1v) is 14.9. The number of carbonyl (C=O) groups excluding carboxylic acids is 3. The molecule has 4 unspecified atom stereocenters. The van der Waals surface area contributed by atoms with Gasteiger partial charge >= 0.3 is 0 Å². The van der Waals surface area contributed by atoms with Crippen molar-refractivity contribution in [2.24, 2.45) is 5.92 Å². The predicted octanol–water partition coefficient (Wildman–Crippen LogP) is 7.11. The average Bonchev–Trinajstić information content (AvgIpc) is 3.52. The summed E-state index contributed by atoms with van der Waals surface area (Å²) in [6.45, 7) is 2.44. The second-order valence-corrected chi connectivity index (χ2v) is 11.5. The van der Waals surface area contributed by atoms with Crippen molar-refractivity contribution in [2.45, 2.75) is 30.8 Å². The summed E-state index contributed by atoms with van der Waals surface area (Å²) in [5.74, 6) is -1.62. The molecular weight excluding hydrogens is 560 g/mol. The predicted molar refractivity (Wildman–Crippen MR) is 166 cm³/mol. The minimum atomic E-state index is -1.42. The maximum absolute atomic E-state index is 14.9. The number of rotatable bonds is 7. The van der Waals surface area contributed by atoms with Gasteiger partial charge in [0.05, 0.1) is 29.2 Å². The molecule has 214 valence electrons. The number of nitrogens with one attached hydrogen (secondary N) is 1. The van der Waals surface area contributed by atoms with E-state index in [4.69, 9.17) is 16.3 Å². The van der Waals surface area contributed by atoms with Gasteiger partial charge in [0.15, 0.2) is 11.6 Å². The highest BCUT2D eigenvalue weighted by atomic mass is 35.5. The standard InChI is InChI=1S/C36H29ClN2O4/c1-2-21-43-29-18-10-6-14-25(29)33(41)31-30(32(40)24-13-5-8-16-27(24)37)36(26-15-7-9-17-28(26)38-35(36)42)34-23-12-4-3-11-22(23)19-20-39(31)34/h3-20,30-31,34H,2,21H2,1H3,(H,38,42). The Morgan fingerprint density at radius 2 is 1.58 bits per heavy atom. The largest absolute Gasteiger partial charge is 0.493 e. The lowest BCUT2D eigenvalue weighted by Crippen LogP contribution is -2.49. The maximum atomic E-state index is 14.9. The second kappa shape index (κ2) is 10.5. The van der Waals surface area contributed by atoms with Crippen LogP contribution in [0.1, 0.15) is 56.8 Å². The third kappa shape index (κ3) is 3.97. The molecule has 0 radical (unpaired) electrons. The molecule has 0 bridgehead atoms. The molecule has 6 nitrogen and oxygen atoms in total. The van der Waals surface area contributed by atoms with Crippen LogP contribution in [0, 0.1) is 5.92 Å². The Morgan fingerprint density at radius 3 is 2.40 bits per heavy atom. The maximum Gasteiger partial charge on any atom is 0.238 e. The van der Waals surface area contributed by atoms with E-state index in [-0.39, 0.29) is 28.1 Å². The number of fused-ring (bicyclic) bond motifs is 6. The Kier molecular flexibility index (Phi) is 6.66. The average molecular weight is 589 g/mol. The number of benzene rings is 4. The van der Waals surface area contributed by atoms with Gasteiger partial charge < -0.3 is 15.0 Å². The van der Waals surface area contributed by atoms with Gasteiger partial charge in [-0.15, -0.1) is 0 Å². The number of ketones is 2. The fourth-order valence-electron chi connectivity index (χ4n) is 7.16. The summed E-state index contributed by atoms with van der Waals surface area (Å²) >= 11 is 6.64. The van der Waals surface area contributed by atoms with Gasteiger partial charge in [-0.1, -0.05) is 85.3 Å². The zero-order valence-electron chi connectivity index (χ0n) is 23.5. The van der Waals surface area contributed by atoms with Crippen LogP contribution in [-0.4, -0.2) is 35.0 Å². The molecule has 3 aliphatic rings. The van der Waals surface area contributed by atoms with Gasteiger partial charge in [0.1, 0.15) is 17.2 Å². The Labute approximate surface area is 254 Å². The van der Waals surface area contributed by atoms with Crippen LogP contribution in [0.15, 0.2) is 103 Å². The fourth-order valence-corrected chi connectivity index (χ4v) is 7.39. The van der Waals surface area contributed by atoms with E-state index in [1.165, 1.54) is 0 Å². The molecule has 1 fully saturated rings. The lowest BCUT2D eigenvalue weighted by atomic mass is 9.62. The molecule has 0 aromatic heterocycles. The molecule has 7 heteroatoms. The molecule has 4 aromatic carbocycles. The summed E-state index contributed by atoms with van der Waals surface area (Å²) in [4.78, 5) is 46.4. The monoisotopic (exact) mass is 588 g/mol. The van der Waals surface area contributed by atoms with Crippen molar-refractivity contribution >= 4 is 40.8 Å². The molecule has 3 heterocycles. The normalized spacial score (nSPS) is 23.0. The van der Waals surface area contributed by atoms with E-state index in [0.717, 1.165) is 17.5 Å². The molecule has 3 aliphatic heterocycles. The SMILES string of the molecule is CCCOc1ccccc1C(=O)C1C(C(=O)c2ccccc2Cl)C2(C(=O)Nc3ccccc32)C2c3ccccc3C=CN12. The first kappa shape index (κ1) is 27.2. The number of para-hydroxylation sites is 2. The summed E-state index contributed by atoms with van der Waals surface area (Å²) in [6.07, 6.45) is 4.58. The van der Waals surface area contributed by atoms with Gasteiger partial charge in [-0.25, -0.2) is 0 Å². The van der Waals surface area contributed by atoms with Crippen molar-refractivity contribution in [2.75, 3.05) is 11.9 Å². The van der Waals surface area contributed by atoms with E-state index in [1.54, 1.807) is 42.5 Å². The van der Waals surface area contributed by atoms with Crippen molar-refractivity contribution in [3.05, 3.63) is 136 Å². The molecule has 0 saturated carbocycles. The Bertz CT molecular complexity index is 1820. The van der Waals surface area contributed by atoms with Crippen molar-refractivity contribution in [3.8, 4) is 5.75 Å². The first-order chi connectivity index (χ1) is 21.0. The number of nitrogens with zero attached hydrogens (tertiary/aromatic N) is 1. The summed E-state index contributed by atoms with van der Waals surface area (Å²) < 4.78 is 6.01. The Morgan fingerprint density at radius 1 is 0.884 bits per heavy atom. The number of amides is 1. The number of Topliss-reactive ketones (excluding diaryl/α,β-unsaturated/α-hetero) is 2. The van der Waals surface area contributed by atoms with Crippen molar-refractivity contribution in [1.82, 2.24) is 4.90 Å². The van der Waals surface area contributed by atoms with E-state index in [1.807, 2.05) is 78.7 Å². The molecule has 4 atom stereocenters. The molecule has 7 rings (SSSR count). The van der Waals surface area contributed by atoms with E-state index in [0.29, 0.717) is 29.2 Å². The summed E-state index contributed by atoms with van der Waals surface area (Å²) in [5.41, 5.74) is 2.35. The van der Waals surface area contributed by atoms with Gasteiger partial charge in [0, 0.05) is 17.5 Å². The summed E-state index contributed by atoms with van der Waals surface area (Å²) in [6, 6.07) is 27.6. The molecule has 4 aromatic rings. The van der Waals surface area contributed by atoms with E-state index < -0.39 is 23.4 Å². The van der Waals surface area contributed by atoms with Gasteiger partial charge in [-0.05, 0) is 59.5 Å². The van der Waals surface area contributed by atoms with Crippen molar-refractivity contribution in [1.29, 1.82) is 0 Å². The van der Waals surface area contributed by atoms with Crippen LogP contribution in [-0.2, 0) is 10.2 Å². The summed E-state index contributed by atoms with van der Waals surface area (Å²) in [7, 11) is 0. The minimum absolute atomic E-state index is 0.271. The number of carbonyl (C=O) groups is 3. The number of anilines is 1. The lowest BCUT2D eigenvalue weighted by Gasteiger charge is -2.38. The second-order valence-electron chi connectivity index (χ2n) is 11.1. The Hall–Kier alpha value is -4.68. The van der Waals surface area contributed by atoms with Crippen LogP contribution in [0.5, 0.6) is 5.75 Å². The molecule has 1 amide bonds. The van der Waals surface area contributed by atoms with E-state index in [2.05, 4.69) is 5.32 Å². The smallest absolute Gasteiger partial charge is 0.238 e. The zero-order chi connectivity index (χ0) is 29.7. The lowest BCUT2D eigenvalue weighted by molar-refractivity contribution is -0.122. The van der Waals surface area contributed by atoms with Crippen molar-refractivity contribution in [3.63, 3.8) is 0 Å². The van der Waals surface area contributed by atoms with Crippen molar-refractivity contribution < 1.29 is 19.1 Å². The van der Waals surface area contributed by atoms with Gasteiger partial charge in [-0.3, -0.25) is 14.4 Å². The van der Waals surface area contributed by atoms with Crippen LogP contribution in [0.2, 0.25) is 5.02 Å². The van der Waals surface area contributed by atoms with Crippen LogP contribution < -0.4 is 10.1 Å². The molecule has 1 saturated heterocycles. The highest BCUT2D eigenvalue weighted by Gasteiger charge is 2.71. The van der Waals surface area contributed by atoms with Crippen LogP contribution >= 0.6 is 11.6 Å². The number of halogens is 1. The summed E-state index contributed by atoms with van der Waals surface area (Å²) in [5, 5.41) is 3.34. The number of hydrogen-bond acceptors (Lipinski definition) is 5. The zero-order valence-corrected chi connectivity index (χ0v) is 24.3. The topological polar surface area (TPSA) is 75.7 Å². The van der Waals surface area contributed by atoms with Crippen LogP contribution in [0.4, 0.5) is 5.69 Å². The van der Waals surface area contributed by atoms with E-state index >= 15 is 0 Å². The molecule has 0 aliphatic carbocycles. The molecule has 1 spiro atoms. The molecule has 1 N–H and O–H groups in total. The minimum Gasteiger partial charge on any atom is -0.493 e. The molecular formula is C36H29ClN2O4. The Balaban J connectivity index is 1.53. The van der Waals surface area contributed by atoms with Crippen LogP contribution in [0.3, 0.4) is 0 Å². The van der Waals surface area contributed by atoms with E-state index in [9.17, 15) is 14.4 Å². The van der Waals surface area contributed by atoms with Gasteiger partial charge in [0.25, 0.3) is 0 Å². The van der Waals surface area contributed by atoms with Gasteiger partial charge in [-0.2, -0.15) is 0 Å². The molecule has 43 heavy (non-hydrogen) atoms. The quantitative estimate of drug-likeness (QED) is 0.233. The highest BCUT2D eigenvalue weighted by Crippen LogP contribution is 2.62. The first-order valence-electron chi connectivity index (χ1n) is 14.5. The van der Waals surface area contributed by atoms with Gasteiger partial charge in [0.2, 0.25) is 5.91 Å². The number of hydrogen-bond donors (Lipinski definition) is 1. The third-order valence-corrected chi connectivity index (χ3v) is 9.20. The number of ether oxygens (including phenoxy) is 1. The fraction of sp³-hybridized carbons (Fsp3) is 0.194. The third-order valence-electron chi connectivity index (χ3n) is 8.88. The highest BCUT2D eigenvalue weighted by molar-refractivity contribution is 6.34.